The van der Waals surface area contributed by atoms with Crippen molar-refractivity contribution in [2.45, 2.75) is 6.42 Å². The standard InChI is InChI=1S/C14H13ClFNO/c15-13-9-11(16)3-6-14(13)18-12-4-1-10(2-5-12)7-8-17/h1-6,9H,7-8,17H2. The van der Waals surface area contributed by atoms with Crippen LogP contribution in [0.25, 0.3) is 0 Å². The lowest BCUT2D eigenvalue weighted by atomic mass is 10.1. The van der Waals surface area contributed by atoms with Crippen molar-refractivity contribution in [1.29, 1.82) is 0 Å². The van der Waals surface area contributed by atoms with Crippen LogP contribution in [0.2, 0.25) is 5.02 Å². The highest BCUT2D eigenvalue weighted by molar-refractivity contribution is 6.32. The van der Waals surface area contributed by atoms with Crippen LogP contribution in [0.3, 0.4) is 0 Å². The fourth-order valence-electron chi connectivity index (χ4n) is 1.58. The van der Waals surface area contributed by atoms with Gasteiger partial charge in [0.1, 0.15) is 17.3 Å². The Labute approximate surface area is 110 Å². The maximum absolute atomic E-state index is 12.9. The molecule has 0 heterocycles. The van der Waals surface area contributed by atoms with Crippen molar-refractivity contribution in [3.8, 4) is 11.5 Å². The predicted molar refractivity (Wildman–Crippen MR) is 70.7 cm³/mol. The Hall–Kier alpha value is -1.58. The van der Waals surface area contributed by atoms with Crippen LogP contribution < -0.4 is 10.5 Å². The van der Waals surface area contributed by atoms with Gasteiger partial charge in [0.15, 0.2) is 0 Å². The molecule has 0 aliphatic heterocycles. The molecule has 94 valence electrons. The summed E-state index contributed by atoms with van der Waals surface area (Å²) in [5.74, 6) is 0.708. The highest BCUT2D eigenvalue weighted by atomic mass is 35.5. The molecule has 0 bridgehead atoms. The predicted octanol–water partition coefficient (Wildman–Crippen LogP) is 3.77. The van der Waals surface area contributed by atoms with Gasteiger partial charge in [0, 0.05) is 0 Å². The van der Waals surface area contributed by atoms with Crippen molar-refractivity contribution in [2.24, 2.45) is 5.73 Å². The number of rotatable bonds is 4. The van der Waals surface area contributed by atoms with E-state index in [-0.39, 0.29) is 10.8 Å². The van der Waals surface area contributed by atoms with Crippen molar-refractivity contribution in [3.05, 3.63) is 58.9 Å². The molecule has 2 nitrogen and oxygen atoms in total. The van der Waals surface area contributed by atoms with Crippen LogP contribution in [-0.2, 0) is 6.42 Å². The summed E-state index contributed by atoms with van der Waals surface area (Å²) in [4.78, 5) is 0. The molecule has 2 N–H and O–H groups in total. The van der Waals surface area contributed by atoms with E-state index in [1.165, 1.54) is 18.2 Å². The summed E-state index contributed by atoms with van der Waals surface area (Å²) >= 11 is 5.88. The van der Waals surface area contributed by atoms with Gasteiger partial charge >= 0.3 is 0 Å². The fourth-order valence-corrected chi connectivity index (χ4v) is 1.78. The molecule has 0 radical (unpaired) electrons. The van der Waals surface area contributed by atoms with Gasteiger partial charge in [-0.05, 0) is 48.9 Å². The number of benzene rings is 2. The average Bonchev–Trinajstić information content (AvgIpc) is 2.35. The zero-order valence-corrected chi connectivity index (χ0v) is 10.5. The molecule has 4 heteroatoms. The van der Waals surface area contributed by atoms with Gasteiger partial charge in [-0.2, -0.15) is 0 Å². The molecule has 0 amide bonds. The van der Waals surface area contributed by atoms with Gasteiger partial charge in [-0.1, -0.05) is 23.7 Å². The van der Waals surface area contributed by atoms with Gasteiger partial charge < -0.3 is 10.5 Å². The summed E-state index contributed by atoms with van der Waals surface area (Å²) < 4.78 is 18.4. The fraction of sp³-hybridized carbons (Fsp3) is 0.143. The second kappa shape index (κ2) is 5.85. The second-order valence-corrected chi connectivity index (χ2v) is 4.27. The van der Waals surface area contributed by atoms with E-state index in [4.69, 9.17) is 22.1 Å². The first kappa shape index (κ1) is 12.9. The largest absolute Gasteiger partial charge is 0.456 e. The summed E-state index contributed by atoms with van der Waals surface area (Å²) in [6, 6.07) is 11.6. The van der Waals surface area contributed by atoms with E-state index in [0.29, 0.717) is 18.0 Å². The van der Waals surface area contributed by atoms with E-state index < -0.39 is 0 Å². The Morgan fingerprint density at radius 3 is 2.44 bits per heavy atom. The van der Waals surface area contributed by atoms with Crippen LogP contribution in [0.15, 0.2) is 42.5 Å². The summed E-state index contributed by atoms with van der Waals surface area (Å²) in [5, 5.41) is 0.251. The van der Waals surface area contributed by atoms with Crippen molar-refractivity contribution < 1.29 is 9.13 Å². The number of hydrogen-bond acceptors (Lipinski definition) is 2. The van der Waals surface area contributed by atoms with Crippen LogP contribution in [0.1, 0.15) is 5.56 Å². The van der Waals surface area contributed by atoms with Crippen molar-refractivity contribution in [3.63, 3.8) is 0 Å². The maximum atomic E-state index is 12.9. The van der Waals surface area contributed by atoms with Crippen molar-refractivity contribution >= 4 is 11.6 Å². The lowest BCUT2D eigenvalue weighted by molar-refractivity contribution is 0.480. The number of nitrogens with two attached hydrogens (primary N) is 1. The molecule has 0 unspecified atom stereocenters. The molecule has 2 aromatic rings. The van der Waals surface area contributed by atoms with Crippen LogP contribution >= 0.6 is 11.6 Å². The zero-order valence-electron chi connectivity index (χ0n) is 9.70. The molecule has 2 aromatic carbocycles. The molecule has 0 aliphatic rings. The van der Waals surface area contributed by atoms with Gasteiger partial charge in [0.2, 0.25) is 0 Å². The highest BCUT2D eigenvalue weighted by Gasteiger charge is 2.04. The Balaban J connectivity index is 2.13. The van der Waals surface area contributed by atoms with Crippen LogP contribution in [0.5, 0.6) is 11.5 Å². The first-order valence-corrected chi connectivity index (χ1v) is 5.99. The molecule has 0 fully saturated rings. The van der Waals surface area contributed by atoms with E-state index in [2.05, 4.69) is 0 Å². The van der Waals surface area contributed by atoms with Crippen LogP contribution in [-0.4, -0.2) is 6.54 Å². The van der Waals surface area contributed by atoms with Gasteiger partial charge in [0.25, 0.3) is 0 Å². The molecule has 0 atom stereocenters. The molecular formula is C14H13ClFNO. The molecule has 0 saturated carbocycles. The van der Waals surface area contributed by atoms with E-state index in [9.17, 15) is 4.39 Å². The maximum Gasteiger partial charge on any atom is 0.146 e. The van der Waals surface area contributed by atoms with E-state index in [1.807, 2.05) is 24.3 Å². The summed E-state index contributed by atoms with van der Waals surface area (Å²) in [6.07, 6.45) is 0.831. The highest BCUT2D eigenvalue weighted by Crippen LogP contribution is 2.29. The smallest absolute Gasteiger partial charge is 0.146 e. The minimum atomic E-state index is -0.384. The second-order valence-electron chi connectivity index (χ2n) is 3.86. The summed E-state index contributed by atoms with van der Waals surface area (Å²) in [6.45, 7) is 0.615. The van der Waals surface area contributed by atoms with E-state index >= 15 is 0 Å². The van der Waals surface area contributed by atoms with E-state index in [0.717, 1.165) is 12.0 Å². The number of halogens is 2. The van der Waals surface area contributed by atoms with Crippen LogP contribution in [0.4, 0.5) is 4.39 Å². The van der Waals surface area contributed by atoms with Crippen molar-refractivity contribution in [1.82, 2.24) is 0 Å². The Morgan fingerprint density at radius 2 is 1.83 bits per heavy atom. The average molecular weight is 266 g/mol. The minimum Gasteiger partial charge on any atom is -0.456 e. The monoisotopic (exact) mass is 265 g/mol. The van der Waals surface area contributed by atoms with Crippen LogP contribution in [0, 0.1) is 5.82 Å². The zero-order chi connectivity index (χ0) is 13.0. The SMILES string of the molecule is NCCc1ccc(Oc2ccc(F)cc2Cl)cc1. The third-order valence-electron chi connectivity index (χ3n) is 2.48. The first-order valence-electron chi connectivity index (χ1n) is 5.61. The molecule has 2 rings (SSSR count). The number of ether oxygens (including phenoxy) is 1. The van der Waals surface area contributed by atoms with E-state index in [1.54, 1.807) is 0 Å². The molecule has 18 heavy (non-hydrogen) atoms. The van der Waals surface area contributed by atoms with Gasteiger partial charge in [0.05, 0.1) is 5.02 Å². The molecular weight excluding hydrogens is 253 g/mol. The lowest BCUT2D eigenvalue weighted by Gasteiger charge is -2.08. The molecule has 0 spiro atoms. The quantitative estimate of drug-likeness (QED) is 0.913. The first-order chi connectivity index (χ1) is 8.69. The Bertz CT molecular complexity index is 528. The minimum absolute atomic E-state index is 0.251. The normalized spacial score (nSPS) is 10.4. The Kier molecular flexibility index (Phi) is 4.18. The van der Waals surface area contributed by atoms with Gasteiger partial charge in [-0.25, -0.2) is 4.39 Å². The summed E-state index contributed by atoms with van der Waals surface area (Å²) in [5.41, 5.74) is 6.62. The Morgan fingerprint density at radius 1 is 1.11 bits per heavy atom. The lowest BCUT2D eigenvalue weighted by Crippen LogP contribution is -2.02. The summed E-state index contributed by atoms with van der Waals surface area (Å²) in [7, 11) is 0. The third kappa shape index (κ3) is 3.22. The van der Waals surface area contributed by atoms with Crippen molar-refractivity contribution in [2.75, 3.05) is 6.54 Å². The molecule has 0 aromatic heterocycles. The third-order valence-corrected chi connectivity index (χ3v) is 2.77. The molecule has 0 saturated heterocycles. The number of hydrogen-bond donors (Lipinski definition) is 1. The topological polar surface area (TPSA) is 35.2 Å². The van der Waals surface area contributed by atoms with Gasteiger partial charge in [-0.15, -0.1) is 0 Å². The van der Waals surface area contributed by atoms with Gasteiger partial charge in [-0.3, -0.25) is 0 Å². The molecule has 0 aliphatic carbocycles.